The Bertz CT molecular complexity index is 832. The Morgan fingerprint density at radius 3 is 2.47 bits per heavy atom. The third kappa shape index (κ3) is 4.30. The van der Waals surface area contributed by atoms with Crippen LogP contribution in [0.4, 0.5) is 5.69 Å². The van der Waals surface area contributed by atoms with E-state index in [0.29, 0.717) is 16.8 Å². The van der Waals surface area contributed by atoms with Crippen molar-refractivity contribution in [2.45, 2.75) is 49.8 Å². The topological polar surface area (TPSA) is 180 Å². The number of imide groups is 1. The molecular weight excluding hydrogens is 398 g/mol. The minimum atomic E-state index is -1.74. The molecule has 1 saturated heterocycles. The van der Waals surface area contributed by atoms with E-state index in [9.17, 15) is 34.8 Å². The Labute approximate surface area is 171 Å². The Balaban J connectivity index is 1.69. The lowest BCUT2D eigenvalue weighted by atomic mass is 10.0. The van der Waals surface area contributed by atoms with Crippen LogP contribution in [0.2, 0.25) is 0 Å². The third-order valence-electron chi connectivity index (χ3n) is 5.41. The summed E-state index contributed by atoms with van der Waals surface area (Å²) in [7, 11) is 0. The minimum Gasteiger partial charge on any atom is -0.394 e. The number of carbonyl (C=O) groups excluding carboxylic acids is 3. The number of benzene rings is 1. The molecule has 0 aromatic heterocycles. The van der Waals surface area contributed by atoms with Crippen LogP contribution in [-0.4, -0.2) is 91.8 Å². The van der Waals surface area contributed by atoms with Gasteiger partial charge in [0.2, 0.25) is 11.8 Å². The minimum absolute atomic E-state index is 0.133. The number of piperidine rings is 1. The van der Waals surface area contributed by atoms with Gasteiger partial charge >= 0.3 is 0 Å². The maximum Gasteiger partial charge on any atom is 0.255 e. The number of amides is 3. The fourth-order valence-electron chi connectivity index (χ4n) is 3.65. The number of aliphatic hydroxyl groups excluding tert-OH is 5. The summed E-state index contributed by atoms with van der Waals surface area (Å²) in [6.45, 7) is -0.851. The molecule has 0 aliphatic carbocycles. The highest BCUT2D eigenvalue weighted by Crippen LogP contribution is 2.32. The molecule has 11 nitrogen and oxygen atoms in total. The van der Waals surface area contributed by atoms with Crippen LogP contribution in [0, 0.1) is 0 Å². The van der Waals surface area contributed by atoms with E-state index < -0.39 is 43.0 Å². The number of fused-ring (bicyclic) bond motifs is 1. The van der Waals surface area contributed by atoms with Crippen molar-refractivity contribution < 1.29 is 39.9 Å². The second kappa shape index (κ2) is 9.06. The molecule has 0 bridgehead atoms. The predicted molar refractivity (Wildman–Crippen MR) is 102 cm³/mol. The van der Waals surface area contributed by atoms with Gasteiger partial charge in [-0.2, -0.15) is 0 Å². The van der Waals surface area contributed by atoms with Crippen LogP contribution in [-0.2, 0) is 16.1 Å². The van der Waals surface area contributed by atoms with Crippen molar-refractivity contribution in [3.8, 4) is 0 Å². The molecule has 2 heterocycles. The van der Waals surface area contributed by atoms with Crippen LogP contribution < -0.4 is 10.6 Å². The zero-order chi connectivity index (χ0) is 22.0. The largest absolute Gasteiger partial charge is 0.394 e. The number of carbonyl (C=O) groups is 3. The standard InChI is InChI=1S/C19H25N3O8/c23-8-14(25)17(28)16(27)13(24)6-20-11-3-1-2-9-10(11)7-22(19(9)30)12-4-5-15(26)21-18(12)29/h1-3,12-14,16-17,20,23-25,27-28H,4-8H2,(H,21,26,29)/t12?,13-,14+,16+,17+/m0/s1. The summed E-state index contributed by atoms with van der Waals surface area (Å²) < 4.78 is 0. The second-order valence-corrected chi connectivity index (χ2v) is 7.41. The highest BCUT2D eigenvalue weighted by molar-refractivity contribution is 6.06. The van der Waals surface area contributed by atoms with E-state index in [1.807, 2.05) is 0 Å². The molecule has 2 aliphatic heterocycles. The lowest BCUT2D eigenvalue weighted by molar-refractivity contribution is -0.136. The van der Waals surface area contributed by atoms with Crippen molar-refractivity contribution in [2.24, 2.45) is 0 Å². The smallest absolute Gasteiger partial charge is 0.255 e. The first-order chi connectivity index (χ1) is 14.2. The summed E-state index contributed by atoms with van der Waals surface area (Å²) >= 11 is 0. The molecule has 0 radical (unpaired) electrons. The molecule has 0 saturated carbocycles. The molecule has 1 aromatic rings. The van der Waals surface area contributed by atoms with E-state index in [-0.39, 0.29) is 37.7 Å². The summed E-state index contributed by atoms with van der Waals surface area (Å²) in [6.07, 6.45) is -6.14. The van der Waals surface area contributed by atoms with Gasteiger partial charge in [-0.1, -0.05) is 6.07 Å². The molecular formula is C19H25N3O8. The van der Waals surface area contributed by atoms with Crippen molar-refractivity contribution in [1.29, 1.82) is 0 Å². The SMILES string of the molecule is O=C1CCC(N2Cc3c(NC[C@H](O)[C@@H](O)[C@H](O)[C@H](O)CO)cccc3C2=O)C(=O)N1. The normalized spacial score (nSPS) is 22.9. The molecule has 1 unspecified atom stereocenters. The van der Waals surface area contributed by atoms with Crippen LogP contribution in [0.15, 0.2) is 18.2 Å². The molecule has 3 rings (SSSR count). The molecule has 164 valence electrons. The van der Waals surface area contributed by atoms with Crippen LogP contribution in [0.1, 0.15) is 28.8 Å². The van der Waals surface area contributed by atoms with Gasteiger partial charge in [0.1, 0.15) is 24.4 Å². The van der Waals surface area contributed by atoms with Gasteiger partial charge in [0, 0.05) is 36.3 Å². The predicted octanol–water partition coefficient (Wildman–Crippen LogP) is -2.70. The average molecular weight is 423 g/mol. The van der Waals surface area contributed by atoms with Gasteiger partial charge in [0.15, 0.2) is 0 Å². The Kier molecular flexibility index (Phi) is 6.68. The lowest BCUT2D eigenvalue weighted by Gasteiger charge is -2.29. The third-order valence-corrected chi connectivity index (χ3v) is 5.41. The monoisotopic (exact) mass is 423 g/mol. The van der Waals surface area contributed by atoms with Crippen LogP contribution in [0.5, 0.6) is 0 Å². The number of nitrogens with one attached hydrogen (secondary N) is 2. The lowest BCUT2D eigenvalue weighted by Crippen LogP contribution is -2.52. The fraction of sp³-hybridized carbons (Fsp3) is 0.526. The number of aliphatic hydroxyl groups is 5. The highest BCUT2D eigenvalue weighted by Gasteiger charge is 2.40. The van der Waals surface area contributed by atoms with E-state index >= 15 is 0 Å². The molecule has 1 aromatic carbocycles. The van der Waals surface area contributed by atoms with Crippen LogP contribution in [0.25, 0.3) is 0 Å². The molecule has 5 atom stereocenters. The van der Waals surface area contributed by atoms with E-state index in [1.165, 1.54) is 4.90 Å². The maximum absolute atomic E-state index is 12.8. The van der Waals surface area contributed by atoms with Crippen LogP contribution in [0.3, 0.4) is 0 Å². The van der Waals surface area contributed by atoms with E-state index in [4.69, 9.17) is 5.11 Å². The van der Waals surface area contributed by atoms with Gasteiger partial charge in [0.05, 0.1) is 12.7 Å². The molecule has 0 spiro atoms. The summed E-state index contributed by atoms with van der Waals surface area (Å²) in [5.41, 5.74) is 1.49. The van der Waals surface area contributed by atoms with Crippen molar-refractivity contribution in [2.75, 3.05) is 18.5 Å². The molecule has 3 amide bonds. The number of rotatable bonds is 8. The van der Waals surface area contributed by atoms with Crippen molar-refractivity contribution in [3.63, 3.8) is 0 Å². The van der Waals surface area contributed by atoms with Gasteiger partial charge in [-0.15, -0.1) is 0 Å². The Morgan fingerprint density at radius 2 is 1.80 bits per heavy atom. The second-order valence-electron chi connectivity index (χ2n) is 7.41. The number of nitrogens with zero attached hydrogens (tertiary/aromatic N) is 1. The zero-order valence-electron chi connectivity index (χ0n) is 16.1. The van der Waals surface area contributed by atoms with Gasteiger partial charge in [-0.05, 0) is 18.6 Å². The van der Waals surface area contributed by atoms with Crippen molar-refractivity contribution in [1.82, 2.24) is 10.2 Å². The summed E-state index contributed by atoms with van der Waals surface area (Å²) in [6, 6.07) is 4.15. The van der Waals surface area contributed by atoms with E-state index in [2.05, 4.69) is 10.6 Å². The van der Waals surface area contributed by atoms with Crippen molar-refractivity contribution >= 4 is 23.4 Å². The average Bonchev–Trinajstić information content (AvgIpc) is 3.07. The quantitative estimate of drug-likeness (QED) is 0.219. The molecule has 1 fully saturated rings. The molecule has 11 heteroatoms. The Hall–Kier alpha value is -2.57. The number of anilines is 1. The molecule has 2 aliphatic rings. The first kappa shape index (κ1) is 22.1. The first-order valence-electron chi connectivity index (χ1n) is 9.58. The summed E-state index contributed by atoms with van der Waals surface area (Å²) in [4.78, 5) is 37.7. The van der Waals surface area contributed by atoms with Gasteiger partial charge in [0.25, 0.3) is 5.91 Å². The zero-order valence-corrected chi connectivity index (χ0v) is 16.1. The van der Waals surface area contributed by atoms with Gasteiger partial charge < -0.3 is 35.7 Å². The van der Waals surface area contributed by atoms with Gasteiger partial charge in [-0.25, -0.2) is 0 Å². The number of hydrogen-bond donors (Lipinski definition) is 7. The van der Waals surface area contributed by atoms with Crippen molar-refractivity contribution in [3.05, 3.63) is 29.3 Å². The Morgan fingerprint density at radius 1 is 1.10 bits per heavy atom. The van der Waals surface area contributed by atoms with E-state index in [1.54, 1.807) is 18.2 Å². The summed E-state index contributed by atoms with van der Waals surface area (Å²) in [5.74, 6) is -1.23. The highest BCUT2D eigenvalue weighted by atomic mass is 16.4. The maximum atomic E-state index is 12.8. The summed E-state index contributed by atoms with van der Waals surface area (Å²) in [5, 5.41) is 53.1. The molecule has 30 heavy (non-hydrogen) atoms. The van der Waals surface area contributed by atoms with E-state index in [0.717, 1.165) is 0 Å². The fourth-order valence-corrected chi connectivity index (χ4v) is 3.65. The number of hydrogen-bond acceptors (Lipinski definition) is 9. The first-order valence-corrected chi connectivity index (χ1v) is 9.58. The van der Waals surface area contributed by atoms with Gasteiger partial charge in [-0.3, -0.25) is 19.7 Å². The van der Waals surface area contributed by atoms with Crippen LogP contribution >= 0.6 is 0 Å². The molecule has 7 N–H and O–H groups in total.